The molecule has 2 aromatic heterocycles. The van der Waals surface area contributed by atoms with Gasteiger partial charge in [0.15, 0.2) is 10.8 Å². The minimum atomic E-state index is -0.437. The third kappa shape index (κ3) is 2.86. The number of hydrogen-bond acceptors (Lipinski definition) is 6. The summed E-state index contributed by atoms with van der Waals surface area (Å²) in [5, 5.41) is 12.6. The summed E-state index contributed by atoms with van der Waals surface area (Å²) in [6.45, 7) is 1.39. The van der Waals surface area contributed by atoms with Crippen LogP contribution in [-0.2, 0) is 0 Å². The zero-order chi connectivity index (χ0) is 15.9. The van der Waals surface area contributed by atoms with Gasteiger partial charge in [0.25, 0.3) is 5.91 Å². The van der Waals surface area contributed by atoms with Crippen LogP contribution in [0.25, 0.3) is 10.8 Å². The number of carbonyl (C=O) groups is 1. The molecule has 1 amide bonds. The minimum Gasteiger partial charge on any atom is -0.390 e. The van der Waals surface area contributed by atoms with Crippen molar-refractivity contribution < 1.29 is 9.90 Å². The van der Waals surface area contributed by atoms with Crippen molar-refractivity contribution in [3.8, 4) is 10.8 Å². The molecule has 23 heavy (non-hydrogen) atoms. The highest BCUT2D eigenvalue weighted by atomic mass is 32.1. The zero-order valence-electron chi connectivity index (χ0n) is 12.7. The van der Waals surface area contributed by atoms with Gasteiger partial charge in [-0.2, -0.15) is 0 Å². The third-order valence-electron chi connectivity index (χ3n) is 4.78. The smallest absolute Gasteiger partial charge is 0.273 e. The monoisotopic (exact) mass is 330 g/mol. The molecule has 7 heteroatoms. The van der Waals surface area contributed by atoms with Crippen molar-refractivity contribution in [2.75, 3.05) is 13.1 Å². The van der Waals surface area contributed by atoms with Gasteiger partial charge in [-0.3, -0.25) is 4.79 Å². The SMILES string of the molecule is O=C(c1csc(-c2ncccn2)n1)N1CCC(C2(O)CC2)CC1. The normalized spacial score (nSPS) is 20.5. The van der Waals surface area contributed by atoms with Gasteiger partial charge >= 0.3 is 0 Å². The molecule has 0 bridgehead atoms. The number of aliphatic hydroxyl groups is 1. The number of piperidine rings is 1. The molecule has 0 spiro atoms. The average Bonchev–Trinajstić information content (AvgIpc) is 3.17. The Morgan fingerprint density at radius 2 is 1.96 bits per heavy atom. The molecule has 2 fully saturated rings. The topological polar surface area (TPSA) is 79.2 Å². The number of thiazole rings is 1. The summed E-state index contributed by atoms with van der Waals surface area (Å²) in [4.78, 5) is 27.1. The first-order chi connectivity index (χ1) is 11.2. The van der Waals surface area contributed by atoms with E-state index in [0.29, 0.717) is 35.5 Å². The van der Waals surface area contributed by atoms with Gasteiger partial charge in [0, 0.05) is 30.9 Å². The number of likely N-dealkylation sites (tertiary alicyclic amines) is 1. The molecule has 1 aliphatic carbocycles. The molecule has 1 N–H and O–H groups in total. The van der Waals surface area contributed by atoms with Gasteiger partial charge in [-0.1, -0.05) is 0 Å². The highest BCUT2D eigenvalue weighted by molar-refractivity contribution is 7.13. The molecule has 0 atom stereocenters. The lowest BCUT2D eigenvalue weighted by atomic mass is 9.89. The highest BCUT2D eigenvalue weighted by Gasteiger charge is 2.48. The van der Waals surface area contributed by atoms with Crippen LogP contribution in [0.1, 0.15) is 36.2 Å². The summed E-state index contributed by atoms with van der Waals surface area (Å²) in [5.74, 6) is 0.853. The summed E-state index contributed by atoms with van der Waals surface area (Å²) in [7, 11) is 0. The van der Waals surface area contributed by atoms with Crippen LogP contribution in [0.15, 0.2) is 23.8 Å². The van der Waals surface area contributed by atoms with Gasteiger partial charge < -0.3 is 10.0 Å². The van der Waals surface area contributed by atoms with E-state index in [1.165, 1.54) is 11.3 Å². The molecule has 1 aliphatic heterocycles. The molecular weight excluding hydrogens is 312 g/mol. The molecule has 4 rings (SSSR count). The summed E-state index contributed by atoms with van der Waals surface area (Å²) in [6, 6.07) is 1.75. The van der Waals surface area contributed by atoms with Gasteiger partial charge in [0.2, 0.25) is 0 Å². The zero-order valence-corrected chi connectivity index (χ0v) is 13.5. The molecule has 120 valence electrons. The number of nitrogens with zero attached hydrogens (tertiary/aromatic N) is 4. The lowest BCUT2D eigenvalue weighted by molar-refractivity contribution is 0.0338. The van der Waals surface area contributed by atoms with Gasteiger partial charge in [0.1, 0.15) is 5.69 Å². The second kappa shape index (κ2) is 5.65. The Hall–Kier alpha value is -1.86. The van der Waals surface area contributed by atoms with Crippen LogP contribution in [-0.4, -0.2) is 49.6 Å². The minimum absolute atomic E-state index is 0.0373. The van der Waals surface area contributed by atoms with E-state index in [-0.39, 0.29) is 5.91 Å². The number of hydrogen-bond donors (Lipinski definition) is 1. The van der Waals surface area contributed by atoms with Crippen molar-refractivity contribution in [2.24, 2.45) is 5.92 Å². The fourth-order valence-electron chi connectivity index (χ4n) is 3.20. The number of aromatic nitrogens is 3. The van der Waals surface area contributed by atoms with E-state index in [9.17, 15) is 9.90 Å². The van der Waals surface area contributed by atoms with E-state index < -0.39 is 5.60 Å². The van der Waals surface area contributed by atoms with Crippen molar-refractivity contribution in [3.63, 3.8) is 0 Å². The largest absolute Gasteiger partial charge is 0.390 e. The van der Waals surface area contributed by atoms with Crippen LogP contribution < -0.4 is 0 Å². The Morgan fingerprint density at radius 1 is 1.26 bits per heavy atom. The van der Waals surface area contributed by atoms with Crippen LogP contribution in [0.5, 0.6) is 0 Å². The van der Waals surface area contributed by atoms with Gasteiger partial charge in [-0.05, 0) is 37.7 Å². The Bertz CT molecular complexity index is 706. The summed E-state index contributed by atoms with van der Waals surface area (Å²) in [5.41, 5.74) is 0.0224. The van der Waals surface area contributed by atoms with Crippen LogP contribution in [0.3, 0.4) is 0 Å². The molecule has 3 heterocycles. The molecule has 2 aromatic rings. The van der Waals surface area contributed by atoms with Crippen LogP contribution in [0.2, 0.25) is 0 Å². The molecule has 0 radical (unpaired) electrons. The van der Waals surface area contributed by atoms with Gasteiger partial charge in [-0.15, -0.1) is 11.3 Å². The lowest BCUT2D eigenvalue weighted by Crippen LogP contribution is -2.42. The van der Waals surface area contributed by atoms with E-state index in [0.717, 1.165) is 25.7 Å². The Kier molecular flexibility index (Phi) is 3.61. The molecule has 0 unspecified atom stereocenters. The fourth-order valence-corrected chi connectivity index (χ4v) is 3.94. The second-order valence-electron chi connectivity index (χ2n) is 6.28. The Balaban J connectivity index is 1.43. The van der Waals surface area contributed by atoms with Crippen molar-refractivity contribution in [3.05, 3.63) is 29.5 Å². The quantitative estimate of drug-likeness (QED) is 0.931. The molecular formula is C16H18N4O2S. The summed E-state index contributed by atoms with van der Waals surface area (Å²) in [6.07, 6.45) is 6.91. The van der Waals surface area contributed by atoms with Gasteiger partial charge in [-0.25, -0.2) is 15.0 Å². The van der Waals surface area contributed by atoms with Crippen molar-refractivity contribution in [2.45, 2.75) is 31.3 Å². The van der Waals surface area contributed by atoms with Crippen molar-refractivity contribution >= 4 is 17.2 Å². The predicted molar refractivity (Wildman–Crippen MR) is 86.0 cm³/mol. The number of rotatable bonds is 3. The van der Waals surface area contributed by atoms with E-state index in [1.807, 2.05) is 4.90 Å². The maximum absolute atomic E-state index is 12.6. The fraction of sp³-hybridized carbons (Fsp3) is 0.500. The first kappa shape index (κ1) is 14.7. The molecule has 6 nitrogen and oxygen atoms in total. The maximum Gasteiger partial charge on any atom is 0.273 e. The molecule has 2 aliphatic rings. The number of carbonyl (C=O) groups excluding carboxylic acids is 1. The second-order valence-corrected chi connectivity index (χ2v) is 7.14. The highest BCUT2D eigenvalue weighted by Crippen LogP contribution is 2.46. The van der Waals surface area contributed by atoms with E-state index in [4.69, 9.17) is 0 Å². The Morgan fingerprint density at radius 3 is 2.61 bits per heavy atom. The van der Waals surface area contributed by atoms with E-state index >= 15 is 0 Å². The lowest BCUT2D eigenvalue weighted by Gasteiger charge is -2.34. The average molecular weight is 330 g/mol. The van der Waals surface area contributed by atoms with Crippen molar-refractivity contribution in [1.82, 2.24) is 19.9 Å². The van der Waals surface area contributed by atoms with Crippen LogP contribution in [0.4, 0.5) is 0 Å². The van der Waals surface area contributed by atoms with Gasteiger partial charge in [0.05, 0.1) is 5.60 Å². The van der Waals surface area contributed by atoms with E-state index in [2.05, 4.69) is 15.0 Å². The van der Waals surface area contributed by atoms with E-state index in [1.54, 1.807) is 23.8 Å². The first-order valence-electron chi connectivity index (χ1n) is 7.90. The summed E-state index contributed by atoms with van der Waals surface area (Å²) < 4.78 is 0. The van der Waals surface area contributed by atoms with Crippen LogP contribution in [0, 0.1) is 5.92 Å². The molecule has 0 aromatic carbocycles. The Labute approximate surface area is 138 Å². The predicted octanol–water partition coefficient (Wildman–Crippen LogP) is 1.98. The molecule has 1 saturated heterocycles. The number of amides is 1. The standard InChI is InChI=1S/C16H18N4O2S/c21-15(20-8-2-11(3-9-20)16(22)4-5-16)12-10-23-14(19-12)13-17-6-1-7-18-13/h1,6-7,10-11,22H,2-5,8-9H2. The molecule has 1 saturated carbocycles. The van der Waals surface area contributed by atoms with Crippen LogP contribution >= 0.6 is 11.3 Å². The third-order valence-corrected chi connectivity index (χ3v) is 5.62. The maximum atomic E-state index is 12.6. The first-order valence-corrected chi connectivity index (χ1v) is 8.78. The van der Waals surface area contributed by atoms with Crippen molar-refractivity contribution in [1.29, 1.82) is 0 Å². The summed E-state index contributed by atoms with van der Waals surface area (Å²) >= 11 is 1.39.